The molecule has 1 aliphatic rings. The van der Waals surface area contributed by atoms with Crippen molar-refractivity contribution in [2.75, 3.05) is 29.9 Å². The maximum Gasteiger partial charge on any atom is 0.325 e. The van der Waals surface area contributed by atoms with Crippen LogP contribution in [0, 0.1) is 19.8 Å². The second-order valence-corrected chi connectivity index (χ2v) is 8.84. The summed E-state index contributed by atoms with van der Waals surface area (Å²) in [5.74, 6) is 2.80. The molecule has 5 rings (SSSR count). The number of hydrogen-bond acceptors (Lipinski definition) is 7. The Morgan fingerprint density at radius 3 is 2.67 bits per heavy atom. The molecule has 9 nitrogen and oxygen atoms in total. The lowest BCUT2D eigenvalue weighted by atomic mass is 9.98. The highest BCUT2D eigenvalue weighted by Crippen LogP contribution is 2.36. The highest BCUT2D eigenvalue weighted by Gasteiger charge is 2.22. The van der Waals surface area contributed by atoms with Crippen LogP contribution in [0.4, 0.5) is 17.5 Å². The van der Waals surface area contributed by atoms with Gasteiger partial charge in [0.05, 0.1) is 5.02 Å². The van der Waals surface area contributed by atoms with Gasteiger partial charge in [-0.3, -0.25) is 5.10 Å². The first-order valence-corrected chi connectivity index (χ1v) is 11.4. The number of H-pyrrole nitrogens is 2. The average molecular weight is 468 g/mol. The monoisotopic (exact) mass is 467 g/mol. The van der Waals surface area contributed by atoms with Gasteiger partial charge in [-0.05, 0) is 50.8 Å². The zero-order valence-corrected chi connectivity index (χ0v) is 19.3. The number of anilines is 3. The number of nitrogens with one attached hydrogen (secondary N) is 3. The second kappa shape index (κ2) is 8.92. The van der Waals surface area contributed by atoms with E-state index < -0.39 is 0 Å². The topological polar surface area (TPSA) is 115 Å². The number of nitrogens with zero attached hydrogens (tertiary/aromatic N) is 4. The molecule has 0 aliphatic carbocycles. The molecule has 0 radical (unpaired) electrons. The highest BCUT2D eigenvalue weighted by molar-refractivity contribution is 6.37. The number of halogens is 1. The van der Waals surface area contributed by atoms with Crippen LogP contribution in [0.1, 0.15) is 24.2 Å². The summed E-state index contributed by atoms with van der Waals surface area (Å²) in [5, 5.41) is 21.2. The highest BCUT2D eigenvalue weighted by atomic mass is 35.5. The van der Waals surface area contributed by atoms with Gasteiger partial charge in [-0.25, -0.2) is 0 Å². The third kappa shape index (κ3) is 4.60. The van der Waals surface area contributed by atoms with Gasteiger partial charge in [-0.15, -0.1) is 0 Å². The number of aliphatic hydroxyl groups excluding tert-OH is 1. The third-order valence-electron chi connectivity index (χ3n) is 5.89. The summed E-state index contributed by atoms with van der Waals surface area (Å²) in [4.78, 5) is 14.7. The summed E-state index contributed by atoms with van der Waals surface area (Å²) in [7, 11) is 0. The summed E-state index contributed by atoms with van der Waals surface area (Å²) >= 11 is 6.63. The SMILES string of the molecule is Cc1cc(Nc2cc(N3CCC(CO)CC3)nc(Oc3ccc4[nH]c(C)cc4c3Cl)n2)n[nH]1. The number of rotatable bonds is 6. The Balaban J connectivity index is 1.47. The van der Waals surface area contributed by atoms with Crippen LogP contribution in [0.25, 0.3) is 10.9 Å². The van der Waals surface area contributed by atoms with Gasteiger partial charge >= 0.3 is 6.01 Å². The summed E-state index contributed by atoms with van der Waals surface area (Å²) in [5.41, 5.74) is 2.91. The third-order valence-corrected chi connectivity index (χ3v) is 6.28. The van der Waals surface area contributed by atoms with E-state index in [9.17, 15) is 5.11 Å². The molecule has 1 saturated heterocycles. The van der Waals surface area contributed by atoms with Crippen molar-refractivity contribution in [2.24, 2.45) is 5.92 Å². The molecule has 0 atom stereocenters. The molecular weight excluding hydrogens is 442 g/mol. The Kier molecular flexibility index (Phi) is 5.82. The van der Waals surface area contributed by atoms with Crippen LogP contribution < -0.4 is 15.0 Å². The maximum atomic E-state index is 9.47. The molecule has 1 aliphatic heterocycles. The zero-order valence-electron chi connectivity index (χ0n) is 18.5. The lowest BCUT2D eigenvalue weighted by Gasteiger charge is -2.32. The molecular formula is C23H26ClN7O2. The van der Waals surface area contributed by atoms with E-state index in [1.165, 1.54) is 0 Å². The lowest BCUT2D eigenvalue weighted by Crippen LogP contribution is -2.35. The van der Waals surface area contributed by atoms with Crippen molar-refractivity contribution < 1.29 is 9.84 Å². The van der Waals surface area contributed by atoms with E-state index >= 15 is 0 Å². The van der Waals surface area contributed by atoms with Crippen molar-refractivity contribution in [3.05, 3.63) is 46.7 Å². The van der Waals surface area contributed by atoms with Crippen molar-refractivity contribution >= 4 is 40.0 Å². The van der Waals surface area contributed by atoms with E-state index in [1.54, 1.807) is 0 Å². The Bertz CT molecular complexity index is 1280. The summed E-state index contributed by atoms with van der Waals surface area (Å²) in [6.07, 6.45) is 1.82. The van der Waals surface area contributed by atoms with Crippen LogP contribution in [0.3, 0.4) is 0 Å². The van der Waals surface area contributed by atoms with Crippen molar-refractivity contribution in [1.29, 1.82) is 0 Å². The smallest absolute Gasteiger partial charge is 0.325 e. The van der Waals surface area contributed by atoms with Gasteiger partial charge in [0.2, 0.25) is 0 Å². The molecule has 10 heteroatoms. The fourth-order valence-electron chi connectivity index (χ4n) is 4.11. The van der Waals surface area contributed by atoms with Crippen LogP contribution >= 0.6 is 11.6 Å². The zero-order chi connectivity index (χ0) is 22.9. The van der Waals surface area contributed by atoms with E-state index in [0.717, 1.165) is 54.0 Å². The minimum absolute atomic E-state index is 0.194. The fraction of sp³-hybridized carbons (Fsp3) is 0.348. The molecule has 3 aromatic heterocycles. The van der Waals surface area contributed by atoms with E-state index in [1.807, 2.05) is 44.2 Å². The number of hydrogen-bond donors (Lipinski definition) is 4. The van der Waals surface area contributed by atoms with Gasteiger partial charge in [0, 0.05) is 54.1 Å². The number of fused-ring (bicyclic) bond motifs is 1. The molecule has 0 amide bonds. The van der Waals surface area contributed by atoms with Crippen molar-refractivity contribution in [1.82, 2.24) is 25.1 Å². The minimum Gasteiger partial charge on any atom is -0.423 e. The number of benzene rings is 1. The van der Waals surface area contributed by atoms with E-state index in [-0.39, 0.29) is 12.6 Å². The first kappa shape index (κ1) is 21.5. The van der Waals surface area contributed by atoms with E-state index in [4.69, 9.17) is 16.3 Å². The Morgan fingerprint density at radius 2 is 1.94 bits per heavy atom. The Hall–Kier alpha value is -3.30. The number of aryl methyl sites for hydroxylation is 2. The van der Waals surface area contributed by atoms with Crippen molar-refractivity contribution in [3.8, 4) is 11.8 Å². The quantitative estimate of drug-likeness (QED) is 0.325. The molecule has 0 bridgehead atoms. The van der Waals surface area contributed by atoms with Crippen LogP contribution in [-0.2, 0) is 0 Å². The van der Waals surface area contributed by atoms with Crippen molar-refractivity contribution in [2.45, 2.75) is 26.7 Å². The van der Waals surface area contributed by atoms with Gasteiger partial charge in [0.1, 0.15) is 17.4 Å². The molecule has 33 heavy (non-hydrogen) atoms. The number of aromatic amines is 2. The normalized spacial score (nSPS) is 14.7. The van der Waals surface area contributed by atoms with Gasteiger partial charge < -0.3 is 25.0 Å². The predicted molar refractivity (Wildman–Crippen MR) is 129 cm³/mol. The second-order valence-electron chi connectivity index (χ2n) is 8.46. The van der Waals surface area contributed by atoms with Gasteiger partial charge in [0.15, 0.2) is 5.82 Å². The lowest BCUT2D eigenvalue weighted by molar-refractivity contribution is 0.202. The number of piperidine rings is 1. The first-order chi connectivity index (χ1) is 16.0. The standard InChI is InChI=1S/C23H26ClN7O2/c1-13-9-16-17(25-13)3-4-18(22(16)24)33-23-27-19(26-20-10-14(2)29-30-20)11-21(28-23)31-7-5-15(12-32)6-8-31/h3-4,9-11,15,25,32H,5-8,12H2,1-2H3,(H2,26,27,28,29,30). The van der Waals surface area contributed by atoms with Crippen LogP contribution in [0.2, 0.25) is 5.02 Å². The van der Waals surface area contributed by atoms with E-state index in [0.29, 0.717) is 28.3 Å². The number of aliphatic hydroxyl groups is 1. The molecule has 0 spiro atoms. The van der Waals surface area contributed by atoms with Gasteiger partial charge in [-0.2, -0.15) is 15.1 Å². The molecule has 172 valence electrons. The van der Waals surface area contributed by atoms with Gasteiger partial charge in [0.25, 0.3) is 0 Å². The largest absolute Gasteiger partial charge is 0.423 e. The minimum atomic E-state index is 0.194. The van der Waals surface area contributed by atoms with Crippen LogP contribution in [0.15, 0.2) is 30.3 Å². The molecule has 0 saturated carbocycles. The molecule has 1 fully saturated rings. The first-order valence-electron chi connectivity index (χ1n) is 11.0. The predicted octanol–water partition coefficient (Wildman–Crippen LogP) is 4.70. The Labute approximate surface area is 196 Å². The average Bonchev–Trinajstić information content (AvgIpc) is 3.40. The molecule has 4 N–H and O–H groups in total. The number of ether oxygens (including phenoxy) is 1. The summed E-state index contributed by atoms with van der Waals surface area (Å²) in [6, 6.07) is 9.71. The van der Waals surface area contributed by atoms with Crippen LogP contribution in [-0.4, -0.2) is 50.0 Å². The molecule has 0 unspecified atom stereocenters. The molecule has 4 aromatic rings. The van der Waals surface area contributed by atoms with E-state index in [2.05, 4.69) is 35.4 Å². The van der Waals surface area contributed by atoms with Crippen LogP contribution in [0.5, 0.6) is 11.8 Å². The van der Waals surface area contributed by atoms with Crippen molar-refractivity contribution in [3.63, 3.8) is 0 Å². The summed E-state index contributed by atoms with van der Waals surface area (Å²) < 4.78 is 6.08. The fourth-order valence-corrected chi connectivity index (χ4v) is 4.37. The molecule has 1 aromatic carbocycles. The molecule has 4 heterocycles. The Morgan fingerprint density at radius 1 is 1.12 bits per heavy atom. The maximum absolute atomic E-state index is 9.47. The van der Waals surface area contributed by atoms with Gasteiger partial charge in [-0.1, -0.05) is 11.6 Å². The number of aromatic nitrogens is 5. The summed E-state index contributed by atoms with van der Waals surface area (Å²) in [6.45, 7) is 5.75.